The molecule has 0 unspecified atom stereocenters. The van der Waals surface area contributed by atoms with E-state index in [0.717, 1.165) is 16.6 Å². The van der Waals surface area contributed by atoms with Gasteiger partial charge >= 0.3 is 0 Å². The first-order valence-electron chi connectivity index (χ1n) is 4.33. The number of H-pyrrole nitrogens is 1. The molecule has 5 heteroatoms. The molecule has 1 N–H and O–H groups in total. The highest BCUT2D eigenvalue weighted by atomic mass is 15.1. The van der Waals surface area contributed by atoms with E-state index in [-0.39, 0.29) is 6.54 Å². The Labute approximate surface area is 85.8 Å². The number of azide groups is 1. The lowest BCUT2D eigenvalue weighted by molar-refractivity contribution is 1.25. The Hall–Kier alpha value is -2.44. The van der Waals surface area contributed by atoms with Crippen LogP contribution in [0.3, 0.4) is 0 Å². The Kier molecular flexibility index (Phi) is 2.54. The molecule has 0 saturated carbocycles. The van der Waals surface area contributed by atoms with Crippen LogP contribution in [0.4, 0.5) is 0 Å². The van der Waals surface area contributed by atoms with Gasteiger partial charge in [-0.25, -0.2) is 4.98 Å². The number of hydrogen-bond acceptors (Lipinski definition) is 2. The van der Waals surface area contributed by atoms with E-state index in [1.165, 1.54) is 0 Å². The molecule has 0 atom stereocenters. The minimum atomic E-state index is 0.178. The summed E-state index contributed by atoms with van der Waals surface area (Å²) in [5.74, 6) is 5.67. The standard InChI is InChI=1S/C10H7N5/c11-15-14-6-2-4-8-3-1-5-9-10(8)13-7-12-9/h1,3,5,7H,6H2,(H,12,13). The van der Waals surface area contributed by atoms with Crippen LogP contribution in [-0.2, 0) is 0 Å². The summed E-state index contributed by atoms with van der Waals surface area (Å²) in [6.07, 6.45) is 1.63. The second-order valence-electron chi connectivity index (χ2n) is 2.80. The second kappa shape index (κ2) is 4.18. The topological polar surface area (TPSA) is 77.4 Å². The molecule has 0 saturated heterocycles. The molecule has 5 nitrogen and oxygen atoms in total. The van der Waals surface area contributed by atoms with Gasteiger partial charge in [0.1, 0.15) is 5.52 Å². The maximum absolute atomic E-state index is 8.08. The Bertz CT molecular complexity index is 580. The number of rotatable bonds is 1. The van der Waals surface area contributed by atoms with E-state index in [1.54, 1.807) is 6.33 Å². The highest BCUT2D eigenvalue weighted by Gasteiger charge is 1.98. The van der Waals surface area contributed by atoms with Crippen molar-refractivity contribution in [2.45, 2.75) is 0 Å². The van der Waals surface area contributed by atoms with Crippen LogP contribution in [-0.4, -0.2) is 16.5 Å². The Balaban J connectivity index is 2.37. The van der Waals surface area contributed by atoms with Crippen LogP contribution in [0.5, 0.6) is 0 Å². The molecule has 72 valence electrons. The number of aromatic amines is 1. The van der Waals surface area contributed by atoms with Crippen LogP contribution in [0.1, 0.15) is 5.56 Å². The lowest BCUT2D eigenvalue weighted by Crippen LogP contribution is -1.78. The summed E-state index contributed by atoms with van der Waals surface area (Å²) in [7, 11) is 0. The number of fused-ring (bicyclic) bond motifs is 1. The fourth-order valence-corrected chi connectivity index (χ4v) is 1.27. The number of nitrogens with one attached hydrogen (secondary N) is 1. The first-order chi connectivity index (χ1) is 7.42. The van der Waals surface area contributed by atoms with E-state index >= 15 is 0 Å². The van der Waals surface area contributed by atoms with Gasteiger partial charge in [0, 0.05) is 4.91 Å². The third-order valence-electron chi connectivity index (χ3n) is 1.89. The van der Waals surface area contributed by atoms with Gasteiger partial charge in [-0.3, -0.25) is 0 Å². The molecular formula is C10H7N5. The highest BCUT2D eigenvalue weighted by molar-refractivity contribution is 5.81. The van der Waals surface area contributed by atoms with Crippen LogP contribution in [0.25, 0.3) is 21.5 Å². The average Bonchev–Trinajstić information content (AvgIpc) is 2.73. The molecular weight excluding hydrogens is 190 g/mol. The van der Waals surface area contributed by atoms with E-state index in [2.05, 4.69) is 31.8 Å². The largest absolute Gasteiger partial charge is 0.345 e. The number of aromatic nitrogens is 2. The lowest BCUT2D eigenvalue weighted by atomic mass is 10.2. The Morgan fingerprint density at radius 1 is 1.53 bits per heavy atom. The molecule has 0 amide bonds. The minimum Gasteiger partial charge on any atom is -0.345 e. The molecule has 0 fully saturated rings. The maximum Gasteiger partial charge on any atom is 0.104 e. The van der Waals surface area contributed by atoms with Gasteiger partial charge in [0.2, 0.25) is 0 Å². The Morgan fingerprint density at radius 2 is 2.47 bits per heavy atom. The molecule has 0 spiro atoms. The highest BCUT2D eigenvalue weighted by Crippen LogP contribution is 2.12. The maximum atomic E-state index is 8.08. The van der Waals surface area contributed by atoms with Gasteiger partial charge in [0.05, 0.1) is 24.0 Å². The first-order valence-corrected chi connectivity index (χ1v) is 4.33. The van der Waals surface area contributed by atoms with E-state index in [9.17, 15) is 0 Å². The van der Waals surface area contributed by atoms with Crippen LogP contribution < -0.4 is 0 Å². The van der Waals surface area contributed by atoms with Crippen LogP contribution in [0.15, 0.2) is 29.6 Å². The number of nitrogens with zero attached hydrogens (tertiary/aromatic N) is 4. The van der Waals surface area contributed by atoms with E-state index in [0.29, 0.717) is 0 Å². The fraction of sp³-hybridized carbons (Fsp3) is 0.100. The summed E-state index contributed by atoms with van der Waals surface area (Å²) >= 11 is 0. The van der Waals surface area contributed by atoms with Crippen molar-refractivity contribution >= 4 is 11.0 Å². The minimum absolute atomic E-state index is 0.178. The van der Waals surface area contributed by atoms with Crippen molar-refractivity contribution in [1.82, 2.24) is 9.97 Å². The normalized spacial score (nSPS) is 9.07. The van der Waals surface area contributed by atoms with Crippen molar-refractivity contribution in [3.63, 3.8) is 0 Å². The van der Waals surface area contributed by atoms with Crippen molar-refractivity contribution in [3.05, 3.63) is 40.5 Å². The molecule has 0 radical (unpaired) electrons. The first kappa shape index (κ1) is 9.13. The van der Waals surface area contributed by atoms with Crippen molar-refractivity contribution < 1.29 is 0 Å². The van der Waals surface area contributed by atoms with Gasteiger partial charge in [0.15, 0.2) is 0 Å². The second-order valence-corrected chi connectivity index (χ2v) is 2.80. The summed E-state index contributed by atoms with van der Waals surface area (Å²) in [6.45, 7) is 0.178. The molecule has 0 bridgehead atoms. The molecule has 0 aliphatic carbocycles. The van der Waals surface area contributed by atoms with Gasteiger partial charge in [-0.1, -0.05) is 23.0 Å². The quantitative estimate of drug-likeness (QED) is 0.323. The molecule has 15 heavy (non-hydrogen) atoms. The third-order valence-corrected chi connectivity index (χ3v) is 1.89. The smallest absolute Gasteiger partial charge is 0.104 e. The Morgan fingerprint density at radius 3 is 3.33 bits per heavy atom. The molecule has 1 aromatic heterocycles. The summed E-state index contributed by atoms with van der Waals surface area (Å²) in [6, 6.07) is 5.71. The molecule has 2 aromatic rings. The molecule has 0 aliphatic heterocycles. The van der Waals surface area contributed by atoms with Gasteiger partial charge < -0.3 is 4.98 Å². The zero-order valence-corrected chi connectivity index (χ0v) is 7.81. The fourth-order valence-electron chi connectivity index (χ4n) is 1.27. The van der Waals surface area contributed by atoms with Gasteiger partial charge in [-0.05, 0) is 17.7 Å². The van der Waals surface area contributed by atoms with Gasteiger partial charge in [0.25, 0.3) is 0 Å². The number of benzene rings is 1. The summed E-state index contributed by atoms with van der Waals surface area (Å²) < 4.78 is 0. The third kappa shape index (κ3) is 1.90. The molecule has 1 heterocycles. The average molecular weight is 197 g/mol. The van der Waals surface area contributed by atoms with Gasteiger partial charge in [-0.2, -0.15) is 0 Å². The molecule has 0 aliphatic rings. The monoisotopic (exact) mass is 197 g/mol. The van der Waals surface area contributed by atoms with E-state index < -0.39 is 0 Å². The molecule has 2 rings (SSSR count). The summed E-state index contributed by atoms with van der Waals surface area (Å²) in [5.41, 5.74) is 10.7. The molecule has 1 aromatic carbocycles. The summed E-state index contributed by atoms with van der Waals surface area (Å²) in [4.78, 5) is 9.78. The summed E-state index contributed by atoms with van der Waals surface area (Å²) in [5, 5.41) is 3.33. The van der Waals surface area contributed by atoms with Crippen molar-refractivity contribution in [2.75, 3.05) is 6.54 Å². The van der Waals surface area contributed by atoms with E-state index in [4.69, 9.17) is 5.53 Å². The van der Waals surface area contributed by atoms with Crippen molar-refractivity contribution in [3.8, 4) is 11.8 Å². The van der Waals surface area contributed by atoms with Crippen LogP contribution >= 0.6 is 0 Å². The zero-order chi connectivity index (χ0) is 10.5. The number of hydrogen-bond donors (Lipinski definition) is 1. The van der Waals surface area contributed by atoms with Crippen LogP contribution in [0.2, 0.25) is 0 Å². The van der Waals surface area contributed by atoms with Crippen molar-refractivity contribution in [2.24, 2.45) is 5.11 Å². The lowest BCUT2D eigenvalue weighted by Gasteiger charge is -1.90. The van der Waals surface area contributed by atoms with E-state index in [1.807, 2.05) is 18.2 Å². The number of imidazole rings is 1. The predicted molar refractivity (Wildman–Crippen MR) is 57.0 cm³/mol. The SMILES string of the molecule is [N-]=[N+]=NCC#Cc1cccc2[nH]cnc12. The zero-order valence-electron chi connectivity index (χ0n) is 7.81. The van der Waals surface area contributed by atoms with Crippen molar-refractivity contribution in [1.29, 1.82) is 0 Å². The van der Waals surface area contributed by atoms with Crippen LogP contribution in [0, 0.1) is 11.8 Å². The number of para-hydroxylation sites is 1. The van der Waals surface area contributed by atoms with Gasteiger partial charge in [-0.15, -0.1) is 0 Å². The predicted octanol–water partition coefficient (Wildman–Crippen LogP) is 2.22.